The number of Topliss-reactive ketones (excluding diaryl/α,β-unsaturated/α-hetero) is 1. The van der Waals surface area contributed by atoms with E-state index in [-0.39, 0.29) is 34.9 Å². The van der Waals surface area contributed by atoms with Crippen LogP contribution in [0.4, 0.5) is 4.39 Å². The third kappa shape index (κ3) is 4.76. The summed E-state index contributed by atoms with van der Waals surface area (Å²) in [5, 5.41) is 9.66. The molecule has 0 radical (unpaired) electrons. The van der Waals surface area contributed by atoms with E-state index >= 15 is 0 Å². The maximum atomic E-state index is 14.1. The van der Waals surface area contributed by atoms with Crippen molar-refractivity contribution in [3.63, 3.8) is 0 Å². The summed E-state index contributed by atoms with van der Waals surface area (Å²) in [5.74, 6) is -0.517. The Morgan fingerprint density at radius 1 is 1.16 bits per heavy atom. The second-order valence-electron chi connectivity index (χ2n) is 10.9. The van der Waals surface area contributed by atoms with Crippen LogP contribution in [-0.4, -0.2) is 42.8 Å². The van der Waals surface area contributed by atoms with Crippen LogP contribution in [0, 0.1) is 39.9 Å². The second kappa shape index (κ2) is 10.00. The third-order valence-corrected chi connectivity index (χ3v) is 8.41. The highest BCUT2D eigenvalue weighted by atomic mass is 19.1. The number of allylic oxidation sites excluding steroid dienone is 4. The lowest BCUT2D eigenvalue weighted by atomic mass is 9.53. The molecule has 0 aromatic carbocycles. The number of ketones is 2. The average molecular weight is 443 g/mol. The molecule has 0 spiro atoms. The van der Waals surface area contributed by atoms with Gasteiger partial charge in [0.2, 0.25) is 0 Å². The molecule has 0 bridgehead atoms. The molecular weight excluding hydrogens is 403 g/mol. The Morgan fingerprint density at radius 2 is 1.84 bits per heavy atom. The second-order valence-corrected chi connectivity index (χ2v) is 10.9. The van der Waals surface area contributed by atoms with Crippen LogP contribution in [-0.2, 0) is 9.59 Å². The van der Waals surface area contributed by atoms with Crippen molar-refractivity contribution in [3.05, 3.63) is 23.3 Å². The Morgan fingerprint density at radius 3 is 2.44 bits per heavy atom. The number of carbonyl (C=O) groups is 2. The van der Waals surface area contributed by atoms with E-state index in [0.29, 0.717) is 32.2 Å². The average Bonchev–Trinajstić information content (AvgIpc) is 2.78. The van der Waals surface area contributed by atoms with Gasteiger partial charge in [0.25, 0.3) is 0 Å². The molecule has 1 saturated heterocycles. The SMILES string of the molecule is CC/C1=C\C(=O)[C@H](CN2CCCCC2)C[C@H](CF)CC[C@H]2C(C)(C)C(=O)C(C#N)=C[C@]12C. The molecule has 3 rings (SSSR count). The van der Waals surface area contributed by atoms with Gasteiger partial charge in [-0.3, -0.25) is 14.0 Å². The van der Waals surface area contributed by atoms with Gasteiger partial charge in [0.1, 0.15) is 6.07 Å². The summed E-state index contributed by atoms with van der Waals surface area (Å²) in [5.41, 5.74) is -0.132. The molecule has 0 amide bonds. The molecule has 0 N–H and O–H groups in total. The fourth-order valence-electron chi connectivity index (χ4n) is 6.51. The van der Waals surface area contributed by atoms with E-state index in [1.807, 2.05) is 20.8 Å². The van der Waals surface area contributed by atoms with Crippen molar-refractivity contribution < 1.29 is 14.0 Å². The summed E-state index contributed by atoms with van der Waals surface area (Å²) in [6.45, 7) is 10.2. The van der Waals surface area contributed by atoms with Gasteiger partial charge in [-0.1, -0.05) is 45.8 Å². The lowest BCUT2D eigenvalue weighted by Gasteiger charge is -2.49. The van der Waals surface area contributed by atoms with Crippen molar-refractivity contribution in [3.8, 4) is 6.07 Å². The van der Waals surface area contributed by atoms with Gasteiger partial charge >= 0.3 is 0 Å². The quantitative estimate of drug-likeness (QED) is 0.581. The molecule has 1 fully saturated rings. The van der Waals surface area contributed by atoms with Crippen LogP contribution in [0.5, 0.6) is 0 Å². The van der Waals surface area contributed by atoms with Crippen LogP contribution in [0.1, 0.15) is 72.6 Å². The van der Waals surface area contributed by atoms with Crippen LogP contribution in [0.3, 0.4) is 0 Å². The lowest BCUT2D eigenvalue weighted by Crippen LogP contribution is -2.48. The van der Waals surface area contributed by atoms with Gasteiger partial charge < -0.3 is 4.90 Å². The predicted octanol–water partition coefficient (Wildman–Crippen LogP) is 5.44. The number of hydrogen-bond donors (Lipinski definition) is 0. The highest BCUT2D eigenvalue weighted by Gasteiger charge is 2.52. The molecule has 176 valence electrons. The van der Waals surface area contributed by atoms with E-state index in [2.05, 4.69) is 17.9 Å². The Hall–Kier alpha value is -1.80. The standard InChI is InChI=1S/C27H39FN2O2/c1-5-22-14-23(31)20(18-30-11-7-6-8-12-30)13-19(16-28)9-10-24-26(2,3)25(32)21(17-29)15-27(22,24)4/h14-15,19-20,24H,5-13,16,18H2,1-4H3/b22-14+/t19-,20+,24+,27-/m1/s1. The first-order valence-electron chi connectivity index (χ1n) is 12.4. The van der Waals surface area contributed by atoms with Crippen LogP contribution in [0.2, 0.25) is 0 Å². The summed E-state index contributed by atoms with van der Waals surface area (Å²) >= 11 is 0. The Labute approximate surface area is 192 Å². The first-order valence-corrected chi connectivity index (χ1v) is 12.4. The number of likely N-dealkylation sites (tertiary alicyclic amines) is 1. The number of hydrogen-bond acceptors (Lipinski definition) is 4. The molecular formula is C27H39FN2O2. The maximum Gasteiger partial charge on any atom is 0.178 e. The first-order chi connectivity index (χ1) is 15.2. The van der Waals surface area contributed by atoms with Crippen LogP contribution in [0.25, 0.3) is 0 Å². The van der Waals surface area contributed by atoms with E-state index < -0.39 is 17.5 Å². The number of nitrogens with zero attached hydrogens (tertiary/aromatic N) is 2. The van der Waals surface area contributed by atoms with E-state index in [1.54, 1.807) is 12.2 Å². The van der Waals surface area contributed by atoms with Gasteiger partial charge in [-0.15, -0.1) is 0 Å². The van der Waals surface area contributed by atoms with Gasteiger partial charge in [0, 0.05) is 23.3 Å². The normalized spacial score (nSPS) is 35.8. The Bertz CT molecular complexity index is 831. The Balaban J connectivity index is 2.05. The molecule has 4 atom stereocenters. The smallest absolute Gasteiger partial charge is 0.178 e. The topological polar surface area (TPSA) is 61.2 Å². The third-order valence-electron chi connectivity index (χ3n) is 8.41. The molecule has 0 aromatic heterocycles. The number of rotatable bonds is 4. The molecule has 0 saturated carbocycles. The van der Waals surface area contributed by atoms with Crippen LogP contribution >= 0.6 is 0 Å². The molecule has 32 heavy (non-hydrogen) atoms. The maximum absolute atomic E-state index is 14.1. The van der Waals surface area contributed by atoms with Crippen molar-refractivity contribution in [1.82, 2.24) is 4.90 Å². The van der Waals surface area contributed by atoms with E-state index in [1.165, 1.54) is 6.42 Å². The van der Waals surface area contributed by atoms with Crippen LogP contribution in [0.15, 0.2) is 23.3 Å². The minimum Gasteiger partial charge on any atom is -0.303 e. The van der Waals surface area contributed by atoms with Crippen LogP contribution < -0.4 is 0 Å². The molecule has 0 unspecified atom stereocenters. The molecule has 1 aliphatic heterocycles. The van der Waals surface area contributed by atoms with Gasteiger partial charge in [0.15, 0.2) is 11.6 Å². The zero-order valence-electron chi connectivity index (χ0n) is 20.3. The van der Waals surface area contributed by atoms with E-state index in [4.69, 9.17) is 0 Å². The fraction of sp³-hybridized carbons (Fsp3) is 0.741. The molecule has 0 aromatic rings. The van der Waals surface area contributed by atoms with Crippen molar-refractivity contribution in [2.24, 2.45) is 28.6 Å². The lowest BCUT2D eigenvalue weighted by molar-refractivity contribution is -0.129. The molecule has 1 heterocycles. The minimum absolute atomic E-state index is 0.0775. The highest BCUT2D eigenvalue weighted by Crippen LogP contribution is 2.55. The Kier molecular flexibility index (Phi) is 7.76. The van der Waals surface area contributed by atoms with Gasteiger partial charge in [-0.2, -0.15) is 5.26 Å². The zero-order valence-corrected chi connectivity index (χ0v) is 20.3. The fourth-order valence-corrected chi connectivity index (χ4v) is 6.51. The molecule has 4 nitrogen and oxygen atoms in total. The molecule has 5 heteroatoms. The van der Waals surface area contributed by atoms with Crippen molar-refractivity contribution in [1.29, 1.82) is 5.26 Å². The first kappa shape index (κ1) is 24.8. The predicted molar refractivity (Wildman–Crippen MR) is 125 cm³/mol. The van der Waals surface area contributed by atoms with Crippen molar-refractivity contribution >= 4 is 11.6 Å². The zero-order chi connectivity index (χ0) is 23.5. The number of alkyl halides is 1. The number of piperidine rings is 1. The van der Waals surface area contributed by atoms with Crippen molar-refractivity contribution in [2.45, 2.75) is 72.6 Å². The van der Waals surface area contributed by atoms with E-state index in [0.717, 1.165) is 31.5 Å². The summed E-state index contributed by atoms with van der Waals surface area (Å²) in [4.78, 5) is 29.0. The number of carbonyl (C=O) groups excluding carboxylic acids is 2. The van der Waals surface area contributed by atoms with Gasteiger partial charge in [0.05, 0.1) is 12.2 Å². The summed E-state index contributed by atoms with van der Waals surface area (Å²) in [6.07, 6.45) is 9.77. The highest BCUT2D eigenvalue weighted by molar-refractivity contribution is 6.04. The largest absolute Gasteiger partial charge is 0.303 e. The van der Waals surface area contributed by atoms with Gasteiger partial charge in [-0.25, -0.2) is 0 Å². The molecule has 3 aliphatic rings. The monoisotopic (exact) mass is 442 g/mol. The van der Waals surface area contributed by atoms with Gasteiger partial charge in [-0.05, 0) is 69.5 Å². The molecule has 2 aliphatic carbocycles. The minimum atomic E-state index is -0.737. The summed E-state index contributed by atoms with van der Waals surface area (Å²) < 4.78 is 14.1. The summed E-state index contributed by atoms with van der Waals surface area (Å²) in [7, 11) is 0. The number of nitriles is 1. The number of halogens is 1. The summed E-state index contributed by atoms with van der Waals surface area (Å²) in [6, 6.07) is 2.10. The number of fused-ring (bicyclic) bond motifs is 1. The van der Waals surface area contributed by atoms with E-state index in [9.17, 15) is 19.2 Å². The van der Waals surface area contributed by atoms with Crippen molar-refractivity contribution in [2.75, 3.05) is 26.3 Å².